The predicted molar refractivity (Wildman–Crippen MR) is 71.3 cm³/mol. The molecule has 0 aliphatic carbocycles. The van der Waals surface area contributed by atoms with Crippen molar-refractivity contribution in [3.63, 3.8) is 0 Å². The molecule has 2 rings (SSSR count). The van der Waals surface area contributed by atoms with Crippen molar-refractivity contribution in [1.82, 2.24) is 9.97 Å². The number of hydrogen-bond donors (Lipinski definition) is 1. The van der Waals surface area contributed by atoms with E-state index in [0.29, 0.717) is 17.8 Å². The molecule has 2 N–H and O–H groups in total. The minimum atomic E-state index is 0.314. The van der Waals surface area contributed by atoms with Crippen LogP contribution < -0.4 is 10.6 Å². The first-order valence-corrected chi connectivity index (χ1v) is 6.41. The summed E-state index contributed by atoms with van der Waals surface area (Å²) >= 11 is 0. The Kier molecular flexibility index (Phi) is 3.22. The maximum absolute atomic E-state index is 5.99. The van der Waals surface area contributed by atoms with Crippen LogP contribution in [0.25, 0.3) is 0 Å². The molecule has 17 heavy (non-hydrogen) atoms. The van der Waals surface area contributed by atoms with E-state index in [1.807, 2.05) is 6.92 Å². The summed E-state index contributed by atoms with van der Waals surface area (Å²) in [6, 6.07) is 0.558. The third-order valence-electron chi connectivity index (χ3n) is 3.52. The maximum atomic E-state index is 5.99. The summed E-state index contributed by atoms with van der Waals surface area (Å²) in [7, 11) is 0. The fourth-order valence-electron chi connectivity index (χ4n) is 2.32. The molecule has 4 heteroatoms. The molecule has 1 aromatic rings. The lowest BCUT2D eigenvalue weighted by atomic mass is 10.2. The van der Waals surface area contributed by atoms with E-state index in [4.69, 9.17) is 10.7 Å². The summed E-state index contributed by atoms with van der Waals surface area (Å²) in [5.41, 5.74) is 7.01. The summed E-state index contributed by atoms with van der Waals surface area (Å²) in [6.45, 7) is 9.54. The van der Waals surface area contributed by atoms with Crippen molar-refractivity contribution in [1.29, 1.82) is 0 Å². The molecule has 0 bridgehead atoms. The fourth-order valence-corrected chi connectivity index (χ4v) is 2.32. The zero-order valence-corrected chi connectivity index (χ0v) is 11.2. The first-order valence-electron chi connectivity index (χ1n) is 6.41. The summed E-state index contributed by atoms with van der Waals surface area (Å²) in [5, 5.41) is 0. The molecular formula is C13H22N4. The van der Waals surface area contributed by atoms with Gasteiger partial charge in [-0.05, 0) is 26.7 Å². The number of anilines is 2. The van der Waals surface area contributed by atoms with Gasteiger partial charge in [-0.3, -0.25) is 0 Å². The second kappa shape index (κ2) is 4.51. The Morgan fingerprint density at radius 1 is 1.35 bits per heavy atom. The molecule has 1 atom stereocenters. The summed E-state index contributed by atoms with van der Waals surface area (Å²) in [5.74, 6) is 2.82. The monoisotopic (exact) mass is 234 g/mol. The lowest BCUT2D eigenvalue weighted by molar-refractivity contribution is 0.709. The third kappa shape index (κ3) is 2.21. The number of nitrogens with zero attached hydrogens (tertiary/aromatic N) is 3. The number of hydrogen-bond acceptors (Lipinski definition) is 4. The Morgan fingerprint density at radius 2 is 2.06 bits per heavy atom. The second-order valence-electron chi connectivity index (χ2n) is 5.25. The van der Waals surface area contributed by atoms with E-state index in [9.17, 15) is 0 Å². The molecule has 1 unspecified atom stereocenters. The molecule has 0 saturated carbocycles. The Balaban J connectivity index is 2.44. The number of rotatable bonds is 2. The highest BCUT2D eigenvalue weighted by atomic mass is 15.2. The van der Waals surface area contributed by atoms with E-state index in [1.54, 1.807) is 0 Å². The highest BCUT2D eigenvalue weighted by Crippen LogP contribution is 2.29. The van der Waals surface area contributed by atoms with Gasteiger partial charge in [-0.1, -0.05) is 13.8 Å². The van der Waals surface area contributed by atoms with Crippen LogP contribution in [0.1, 0.15) is 50.9 Å². The molecule has 1 aromatic heterocycles. The summed E-state index contributed by atoms with van der Waals surface area (Å²) in [4.78, 5) is 11.4. The highest BCUT2D eigenvalue weighted by Gasteiger charge is 2.24. The Bertz CT molecular complexity index is 414. The van der Waals surface area contributed by atoms with E-state index in [-0.39, 0.29) is 0 Å². The van der Waals surface area contributed by atoms with E-state index in [1.165, 1.54) is 12.8 Å². The van der Waals surface area contributed by atoms with Crippen LogP contribution in [0.15, 0.2) is 0 Å². The van der Waals surface area contributed by atoms with E-state index >= 15 is 0 Å². The van der Waals surface area contributed by atoms with E-state index in [2.05, 4.69) is 30.7 Å². The van der Waals surface area contributed by atoms with Gasteiger partial charge >= 0.3 is 0 Å². The van der Waals surface area contributed by atoms with E-state index in [0.717, 1.165) is 23.8 Å². The van der Waals surface area contributed by atoms with Gasteiger partial charge in [0.2, 0.25) is 0 Å². The standard InChI is InChI=1S/C13H22N4/c1-8(2)12-15-11(14)10(4)13(16-12)17-7-5-6-9(17)3/h8-9H,5-7H2,1-4H3,(H2,14,15,16). The van der Waals surface area contributed by atoms with Gasteiger partial charge in [-0.25, -0.2) is 9.97 Å². The first kappa shape index (κ1) is 12.1. The van der Waals surface area contributed by atoms with Gasteiger partial charge in [0.15, 0.2) is 0 Å². The molecule has 1 aliphatic heterocycles. The van der Waals surface area contributed by atoms with Crippen molar-refractivity contribution in [2.75, 3.05) is 17.2 Å². The van der Waals surface area contributed by atoms with Gasteiger partial charge in [0.1, 0.15) is 17.5 Å². The minimum absolute atomic E-state index is 0.314. The number of aromatic nitrogens is 2. The van der Waals surface area contributed by atoms with Crippen LogP contribution in [-0.4, -0.2) is 22.6 Å². The zero-order chi connectivity index (χ0) is 12.6. The normalized spacial score (nSPS) is 20.3. The van der Waals surface area contributed by atoms with Crippen LogP contribution >= 0.6 is 0 Å². The smallest absolute Gasteiger partial charge is 0.137 e. The van der Waals surface area contributed by atoms with Gasteiger partial charge < -0.3 is 10.6 Å². The van der Waals surface area contributed by atoms with Crippen molar-refractivity contribution in [3.05, 3.63) is 11.4 Å². The van der Waals surface area contributed by atoms with Crippen LogP contribution in [0, 0.1) is 6.92 Å². The summed E-state index contributed by atoms with van der Waals surface area (Å²) < 4.78 is 0. The maximum Gasteiger partial charge on any atom is 0.137 e. The van der Waals surface area contributed by atoms with Gasteiger partial charge in [0.25, 0.3) is 0 Å². The molecule has 0 spiro atoms. The molecule has 4 nitrogen and oxygen atoms in total. The van der Waals surface area contributed by atoms with Crippen LogP contribution in [-0.2, 0) is 0 Å². The van der Waals surface area contributed by atoms with Crippen LogP contribution in [0.5, 0.6) is 0 Å². The fraction of sp³-hybridized carbons (Fsp3) is 0.692. The minimum Gasteiger partial charge on any atom is -0.383 e. The van der Waals surface area contributed by atoms with Gasteiger partial charge in [0.05, 0.1) is 0 Å². The zero-order valence-electron chi connectivity index (χ0n) is 11.2. The van der Waals surface area contributed by atoms with Crippen molar-refractivity contribution in [2.24, 2.45) is 0 Å². The predicted octanol–water partition coefficient (Wildman–Crippen LogP) is 2.48. The van der Waals surface area contributed by atoms with E-state index < -0.39 is 0 Å². The molecule has 2 heterocycles. The van der Waals surface area contributed by atoms with Crippen molar-refractivity contribution < 1.29 is 0 Å². The molecule has 1 aliphatic rings. The Hall–Kier alpha value is -1.32. The SMILES string of the molecule is Cc1c(N)nc(C(C)C)nc1N1CCCC1C. The van der Waals surface area contributed by atoms with Crippen LogP contribution in [0.3, 0.4) is 0 Å². The second-order valence-corrected chi connectivity index (χ2v) is 5.25. The first-order chi connectivity index (χ1) is 8.00. The molecular weight excluding hydrogens is 212 g/mol. The highest BCUT2D eigenvalue weighted by molar-refractivity contribution is 5.57. The Morgan fingerprint density at radius 3 is 2.59 bits per heavy atom. The van der Waals surface area contributed by atoms with Gasteiger partial charge in [0, 0.05) is 24.1 Å². The van der Waals surface area contributed by atoms with Crippen molar-refractivity contribution in [3.8, 4) is 0 Å². The molecule has 94 valence electrons. The average molecular weight is 234 g/mol. The molecule has 1 saturated heterocycles. The Labute approximate surface area is 103 Å². The molecule has 0 aromatic carbocycles. The summed E-state index contributed by atoms with van der Waals surface area (Å²) in [6.07, 6.45) is 2.47. The lowest BCUT2D eigenvalue weighted by Crippen LogP contribution is -2.29. The number of nitrogen functional groups attached to an aromatic ring is 1. The van der Waals surface area contributed by atoms with Crippen molar-refractivity contribution in [2.45, 2.75) is 52.5 Å². The largest absolute Gasteiger partial charge is 0.383 e. The number of nitrogens with two attached hydrogens (primary N) is 1. The molecule has 0 radical (unpaired) electrons. The molecule has 1 fully saturated rings. The molecule has 0 amide bonds. The van der Waals surface area contributed by atoms with Gasteiger partial charge in [-0.15, -0.1) is 0 Å². The average Bonchev–Trinajstić information content (AvgIpc) is 2.68. The lowest BCUT2D eigenvalue weighted by Gasteiger charge is -2.25. The van der Waals surface area contributed by atoms with Gasteiger partial charge in [-0.2, -0.15) is 0 Å². The third-order valence-corrected chi connectivity index (χ3v) is 3.52. The van der Waals surface area contributed by atoms with Crippen LogP contribution in [0.2, 0.25) is 0 Å². The van der Waals surface area contributed by atoms with Crippen LogP contribution in [0.4, 0.5) is 11.6 Å². The van der Waals surface area contributed by atoms with Crippen molar-refractivity contribution >= 4 is 11.6 Å². The quantitative estimate of drug-likeness (QED) is 0.854. The topological polar surface area (TPSA) is 55.0 Å².